The summed E-state index contributed by atoms with van der Waals surface area (Å²) in [6, 6.07) is 8.85. The third-order valence-corrected chi connectivity index (χ3v) is 5.65. The van der Waals surface area contributed by atoms with Crippen molar-refractivity contribution in [2.75, 3.05) is 27.2 Å². The van der Waals surface area contributed by atoms with E-state index in [1.54, 1.807) is 0 Å². The van der Waals surface area contributed by atoms with E-state index >= 15 is 0 Å². The normalized spacial score (nSPS) is 12.8. The fourth-order valence-electron chi connectivity index (χ4n) is 3.89. The van der Waals surface area contributed by atoms with E-state index in [-0.39, 0.29) is 12.7 Å². The molecule has 0 amide bonds. The van der Waals surface area contributed by atoms with Gasteiger partial charge in [-0.1, -0.05) is 76.8 Å². The van der Waals surface area contributed by atoms with E-state index in [1.807, 2.05) is 6.92 Å². The number of rotatable bonds is 17. The molecule has 1 aromatic carbocycles. The Morgan fingerprint density at radius 1 is 0.931 bits per heavy atom. The van der Waals surface area contributed by atoms with Crippen LogP contribution in [0.5, 0.6) is 0 Å². The van der Waals surface area contributed by atoms with Crippen molar-refractivity contribution in [3.63, 3.8) is 0 Å². The highest BCUT2D eigenvalue weighted by molar-refractivity contribution is 5.65. The summed E-state index contributed by atoms with van der Waals surface area (Å²) in [5.41, 5.74) is 2.61. The molecule has 0 aliphatic rings. The smallest absolute Gasteiger partial charge is 0.132 e. The van der Waals surface area contributed by atoms with Crippen LogP contribution in [0.15, 0.2) is 24.3 Å². The number of quaternary nitrogens is 1. The quantitative estimate of drug-likeness (QED) is 0.274. The molecule has 4 heteroatoms. The molecule has 0 aliphatic heterocycles. The Bertz CT molecular complexity index is 554. The fraction of sp³-hybridized carbons (Fsp3) is 0.720. The zero-order valence-corrected chi connectivity index (χ0v) is 19.3. The van der Waals surface area contributed by atoms with Crippen molar-refractivity contribution in [3.05, 3.63) is 29.8 Å². The predicted molar refractivity (Wildman–Crippen MR) is 121 cm³/mol. The van der Waals surface area contributed by atoms with Gasteiger partial charge in [0.1, 0.15) is 18.3 Å². The predicted octanol–water partition coefficient (Wildman–Crippen LogP) is 4.87. The van der Waals surface area contributed by atoms with Crippen LogP contribution in [0.2, 0.25) is 0 Å². The summed E-state index contributed by atoms with van der Waals surface area (Å²) in [6.45, 7) is 4.54. The SMILES string of the molecule is CCCCCCCCCCCCc1ccc([N+](C)(C)CC(C)OCC(=O)[O-])cc1. The van der Waals surface area contributed by atoms with Crippen molar-refractivity contribution >= 4 is 11.7 Å². The fourth-order valence-corrected chi connectivity index (χ4v) is 3.89. The lowest BCUT2D eigenvalue weighted by atomic mass is 10.0. The molecule has 0 fully saturated rings. The van der Waals surface area contributed by atoms with Gasteiger partial charge in [-0.25, -0.2) is 0 Å². The Morgan fingerprint density at radius 2 is 1.45 bits per heavy atom. The molecule has 0 heterocycles. The maximum absolute atomic E-state index is 10.5. The molecular formula is C25H43NO3. The van der Waals surface area contributed by atoms with E-state index in [2.05, 4.69) is 45.3 Å². The minimum Gasteiger partial charge on any atom is -0.548 e. The number of carbonyl (C=O) groups excluding carboxylic acids is 1. The molecule has 0 saturated carbocycles. The maximum Gasteiger partial charge on any atom is 0.132 e. The van der Waals surface area contributed by atoms with Crippen LogP contribution in [-0.2, 0) is 16.0 Å². The highest BCUT2D eigenvalue weighted by Crippen LogP contribution is 2.21. The average Bonchev–Trinajstić information content (AvgIpc) is 2.68. The van der Waals surface area contributed by atoms with E-state index in [0.717, 1.165) is 6.42 Å². The highest BCUT2D eigenvalue weighted by atomic mass is 16.5. The highest BCUT2D eigenvalue weighted by Gasteiger charge is 2.22. The first-order valence-electron chi connectivity index (χ1n) is 11.6. The van der Waals surface area contributed by atoms with Crippen LogP contribution in [0.4, 0.5) is 5.69 Å². The number of hydrogen-bond acceptors (Lipinski definition) is 3. The van der Waals surface area contributed by atoms with E-state index in [1.165, 1.54) is 75.5 Å². The van der Waals surface area contributed by atoms with Gasteiger partial charge in [0.2, 0.25) is 0 Å². The Morgan fingerprint density at radius 3 is 1.97 bits per heavy atom. The Hall–Kier alpha value is -1.39. The summed E-state index contributed by atoms with van der Waals surface area (Å²) in [5, 5.41) is 10.5. The largest absolute Gasteiger partial charge is 0.548 e. The Balaban J connectivity index is 2.24. The number of ether oxygens (including phenoxy) is 1. The topological polar surface area (TPSA) is 49.4 Å². The van der Waals surface area contributed by atoms with E-state index in [4.69, 9.17) is 4.74 Å². The first kappa shape index (κ1) is 25.6. The van der Waals surface area contributed by atoms with Crippen LogP contribution in [0, 0.1) is 0 Å². The second kappa shape index (κ2) is 14.6. The van der Waals surface area contributed by atoms with Crippen molar-refractivity contribution in [1.82, 2.24) is 4.48 Å². The lowest BCUT2D eigenvalue weighted by molar-refractivity contribution is -0.310. The number of nitrogens with zero attached hydrogens (tertiary/aromatic N) is 1. The van der Waals surface area contributed by atoms with Crippen LogP contribution in [0.25, 0.3) is 0 Å². The number of likely N-dealkylation sites (N-methyl/N-ethyl adjacent to an activating group) is 1. The van der Waals surface area contributed by atoms with Crippen LogP contribution in [0.1, 0.15) is 83.6 Å². The minimum atomic E-state index is -1.17. The zero-order valence-electron chi connectivity index (χ0n) is 19.3. The van der Waals surface area contributed by atoms with Crippen molar-refractivity contribution in [2.24, 2.45) is 0 Å². The second-order valence-electron chi connectivity index (χ2n) is 8.96. The van der Waals surface area contributed by atoms with Crippen molar-refractivity contribution in [3.8, 4) is 0 Å². The van der Waals surface area contributed by atoms with Gasteiger partial charge >= 0.3 is 0 Å². The van der Waals surface area contributed by atoms with E-state index < -0.39 is 5.97 Å². The third kappa shape index (κ3) is 12.0. The lowest BCUT2D eigenvalue weighted by Gasteiger charge is -2.32. The zero-order chi connectivity index (χ0) is 21.5. The Kier molecular flexibility index (Phi) is 12.9. The van der Waals surface area contributed by atoms with Crippen LogP contribution < -0.4 is 9.59 Å². The molecular weight excluding hydrogens is 362 g/mol. The van der Waals surface area contributed by atoms with Gasteiger partial charge in [-0.3, -0.25) is 4.48 Å². The number of hydrogen-bond donors (Lipinski definition) is 0. The van der Waals surface area contributed by atoms with E-state index in [9.17, 15) is 9.90 Å². The molecule has 0 spiro atoms. The number of aliphatic carboxylic acids is 1. The molecule has 1 rings (SSSR count). The summed E-state index contributed by atoms with van der Waals surface area (Å²) in [6.07, 6.45) is 14.7. The van der Waals surface area contributed by atoms with Gasteiger partial charge in [0.15, 0.2) is 0 Å². The molecule has 1 unspecified atom stereocenters. The molecule has 1 atom stereocenters. The number of benzene rings is 1. The van der Waals surface area contributed by atoms with Gasteiger partial charge in [-0.15, -0.1) is 0 Å². The first-order valence-corrected chi connectivity index (χ1v) is 11.6. The molecule has 1 aromatic rings. The van der Waals surface area contributed by atoms with E-state index in [0.29, 0.717) is 11.0 Å². The number of unbranched alkanes of at least 4 members (excludes halogenated alkanes) is 9. The van der Waals surface area contributed by atoms with Crippen LogP contribution in [0.3, 0.4) is 0 Å². The number of carboxylic acids is 1. The molecule has 0 aromatic heterocycles. The molecule has 0 saturated heterocycles. The number of carboxylic acid groups (broad SMARTS) is 1. The van der Waals surface area contributed by atoms with Crippen molar-refractivity contribution < 1.29 is 14.6 Å². The molecule has 0 aliphatic carbocycles. The third-order valence-electron chi connectivity index (χ3n) is 5.65. The summed E-state index contributed by atoms with van der Waals surface area (Å²) >= 11 is 0. The first-order chi connectivity index (χ1) is 13.8. The minimum absolute atomic E-state index is 0.144. The summed E-state index contributed by atoms with van der Waals surface area (Å²) in [7, 11) is 4.24. The van der Waals surface area contributed by atoms with Crippen molar-refractivity contribution in [2.45, 2.75) is 90.6 Å². The van der Waals surface area contributed by atoms with Gasteiger partial charge in [0.05, 0.1) is 26.7 Å². The molecule has 4 nitrogen and oxygen atoms in total. The number of carbonyl (C=O) groups is 1. The number of aryl methyl sites for hydroxylation is 1. The molecule has 29 heavy (non-hydrogen) atoms. The van der Waals surface area contributed by atoms with Gasteiger partial charge in [-0.2, -0.15) is 0 Å². The standard InChI is InChI=1S/C25H43NO3/c1-5-6-7-8-9-10-11-12-13-14-15-23-16-18-24(19-17-23)26(3,4)20-22(2)29-21-25(27)28/h16-19,22H,5-15,20-21H2,1-4H3. The van der Waals surface area contributed by atoms with Crippen molar-refractivity contribution in [1.29, 1.82) is 0 Å². The molecule has 0 bridgehead atoms. The summed E-state index contributed by atoms with van der Waals surface area (Å²) in [4.78, 5) is 10.5. The monoisotopic (exact) mass is 405 g/mol. The molecule has 0 N–H and O–H groups in total. The second-order valence-corrected chi connectivity index (χ2v) is 8.96. The van der Waals surface area contributed by atoms with Crippen LogP contribution in [-0.4, -0.2) is 39.3 Å². The van der Waals surface area contributed by atoms with Gasteiger partial charge in [0, 0.05) is 0 Å². The summed E-state index contributed by atoms with van der Waals surface area (Å²) < 4.78 is 5.98. The maximum atomic E-state index is 10.5. The molecule has 166 valence electrons. The lowest BCUT2D eigenvalue weighted by Crippen LogP contribution is -2.47. The average molecular weight is 406 g/mol. The molecule has 0 radical (unpaired) electrons. The van der Waals surface area contributed by atoms with Gasteiger partial charge in [-0.05, 0) is 37.5 Å². The summed E-state index contributed by atoms with van der Waals surface area (Å²) in [5.74, 6) is -1.17. The Labute approximate surface area is 178 Å². The van der Waals surface area contributed by atoms with Crippen LogP contribution >= 0.6 is 0 Å². The van der Waals surface area contributed by atoms with Gasteiger partial charge < -0.3 is 14.6 Å². The van der Waals surface area contributed by atoms with Gasteiger partial charge in [0.25, 0.3) is 0 Å².